The van der Waals surface area contributed by atoms with Crippen molar-refractivity contribution in [2.75, 3.05) is 12.1 Å². The Kier molecular flexibility index (Phi) is 3.17. The third-order valence-corrected chi connectivity index (χ3v) is 3.57. The van der Waals surface area contributed by atoms with Gasteiger partial charge in [0.15, 0.2) is 5.75 Å². The second kappa shape index (κ2) is 4.99. The van der Waals surface area contributed by atoms with Gasteiger partial charge in [-0.1, -0.05) is 0 Å². The number of anilines is 1. The molecular formula is C13H14N2O5. The lowest BCUT2D eigenvalue weighted by atomic mass is 9.73. The predicted octanol–water partition coefficient (Wildman–Crippen LogP) is 1.25. The van der Waals surface area contributed by atoms with Crippen LogP contribution < -0.4 is 14.8 Å². The van der Waals surface area contributed by atoms with Crippen molar-refractivity contribution in [3.63, 3.8) is 0 Å². The minimum Gasteiger partial charge on any atom is -0.481 e. The maximum Gasteiger partial charge on any atom is 0.303 e. The van der Waals surface area contributed by atoms with Gasteiger partial charge in [-0.3, -0.25) is 9.59 Å². The number of fused-ring (bicyclic) bond motifs is 1. The number of nitrogens with zero attached hydrogens (tertiary/aromatic N) is 1. The highest BCUT2D eigenvalue weighted by Gasteiger charge is 2.35. The summed E-state index contributed by atoms with van der Waals surface area (Å²) in [4.78, 5) is 26.5. The summed E-state index contributed by atoms with van der Waals surface area (Å²) in [7, 11) is 0. The van der Waals surface area contributed by atoms with Gasteiger partial charge in [0.1, 0.15) is 0 Å². The average molecular weight is 278 g/mol. The van der Waals surface area contributed by atoms with Gasteiger partial charge < -0.3 is 19.9 Å². The van der Waals surface area contributed by atoms with Crippen LogP contribution in [0, 0.1) is 11.8 Å². The molecule has 106 valence electrons. The lowest BCUT2D eigenvalue weighted by molar-refractivity contribution is -0.140. The molecule has 1 fully saturated rings. The highest BCUT2D eigenvalue weighted by molar-refractivity contribution is 5.93. The number of hydrogen-bond acceptors (Lipinski definition) is 5. The summed E-state index contributed by atoms with van der Waals surface area (Å²) in [6.45, 7) is 0.138. The van der Waals surface area contributed by atoms with E-state index in [4.69, 9.17) is 14.6 Å². The predicted molar refractivity (Wildman–Crippen MR) is 67.5 cm³/mol. The van der Waals surface area contributed by atoms with E-state index in [0.29, 0.717) is 30.2 Å². The Morgan fingerprint density at radius 3 is 2.95 bits per heavy atom. The molecule has 2 N–H and O–H groups in total. The molecule has 2 aliphatic rings. The number of ether oxygens (including phenoxy) is 2. The standard InChI is InChI=1S/C13H14N2O5/c16-11(17)3-7-1-8(2-7)12(18)15-9-4-10-13(14-5-9)20-6-19-10/h4-5,7-8H,1-3,6H2,(H,15,18)(H,16,17). The Hall–Kier alpha value is -2.31. The Bertz CT molecular complexity index is 554. The van der Waals surface area contributed by atoms with E-state index in [9.17, 15) is 9.59 Å². The molecule has 7 nitrogen and oxygen atoms in total. The van der Waals surface area contributed by atoms with Crippen molar-refractivity contribution < 1.29 is 24.2 Å². The zero-order chi connectivity index (χ0) is 14.1. The molecular weight excluding hydrogens is 264 g/mol. The van der Waals surface area contributed by atoms with Crippen molar-refractivity contribution >= 4 is 17.6 Å². The van der Waals surface area contributed by atoms with Gasteiger partial charge in [0.25, 0.3) is 5.88 Å². The fourth-order valence-corrected chi connectivity index (χ4v) is 2.47. The number of nitrogens with one attached hydrogen (secondary N) is 1. The van der Waals surface area contributed by atoms with Crippen LogP contribution in [-0.2, 0) is 9.59 Å². The maximum atomic E-state index is 12.0. The summed E-state index contributed by atoms with van der Waals surface area (Å²) >= 11 is 0. The fraction of sp³-hybridized carbons (Fsp3) is 0.462. The van der Waals surface area contributed by atoms with Gasteiger partial charge in [0.05, 0.1) is 11.9 Å². The number of pyridine rings is 1. The molecule has 0 unspecified atom stereocenters. The largest absolute Gasteiger partial charge is 0.481 e. The topological polar surface area (TPSA) is 97.8 Å². The monoisotopic (exact) mass is 278 g/mol. The molecule has 20 heavy (non-hydrogen) atoms. The van der Waals surface area contributed by atoms with E-state index in [1.165, 1.54) is 6.20 Å². The third-order valence-electron chi connectivity index (χ3n) is 3.57. The van der Waals surface area contributed by atoms with Crippen LogP contribution in [0.25, 0.3) is 0 Å². The highest BCUT2D eigenvalue weighted by Crippen LogP contribution is 2.37. The van der Waals surface area contributed by atoms with Gasteiger partial charge >= 0.3 is 5.97 Å². The second-order valence-electron chi connectivity index (χ2n) is 5.06. The molecule has 1 aliphatic carbocycles. The summed E-state index contributed by atoms with van der Waals surface area (Å²) < 4.78 is 10.3. The average Bonchev–Trinajstić information content (AvgIpc) is 2.80. The molecule has 1 saturated carbocycles. The fourth-order valence-electron chi connectivity index (χ4n) is 2.47. The molecule has 0 bridgehead atoms. The number of aliphatic carboxylic acids is 1. The normalized spacial score (nSPS) is 23.0. The first kappa shape index (κ1) is 12.7. The van der Waals surface area contributed by atoms with Gasteiger partial charge in [0.2, 0.25) is 12.7 Å². The van der Waals surface area contributed by atoms with E-state index in [0.717, 1.165) is 0 Å². The molecule has 2 heterocycles. The molecule has 0 radical (unpaired) electrons. The van der Waals surface area contributed by atoms with Crippen LogP contribution in [-0.4, -0.2) is 28.8 Å². The number of hydrogen-bond donors (Lipinski definition) is 2. The van der Waals surface area contributed by atoms with Gasteiger partial charge in [-0.05, 0) is 18.8 Å². The Labute approximate surface area is 114 Å². The van der Waals surface area contributed by atoms with Gasteiger partial charge in [-0.25, -0.2) is 4.98 Å². The Morgan fingerprint density at radius 2 is 2.20 bits per heavy atom. The smallest absolute Gasteiger partial charge is 0.303 e. The first-order valence-corrected chi connectivity index (χ1v) is 6.40. The zero-order valence-electron chi connectivity index (χ0n) is 10.7. The quantitative estimate of drug-likeness (QED) is 0.860. The summed E-state index contributed by atoms with van der Waals surface area (Å²) in [5.74, 6) is 0.0114. The number of amides is 1. The first-order valence-electron chi connectivity index (χ1n) is 6.40. The Balaban J connectivity index is 1.54. The van der Waals surface area contributed by atoms with Crippen LogP contribution in [0.15, 0.2) is 12.3 Å². The SMILES string of the molecule is O=C(O)CC1CC(C(=O)Nc2cnc3c(c2)OCO3)C1. The summed E-state index contributed by atoms with van der Waals surface area (Å²) in [5, 5.41) is 11.4. The van der Waals surface area contributed by atoms with Crippen molar-refractivity contribution in [3.8, 4) is 11.6 Å². The van der Waals surface area contributed by atoms with E-state index in [1.54, 1.807) is 6.07 Å². The van der Waals surface area contributed by atoms with Crippen molar-refractivity contribution in [3.05, 3.63) is 12.3 Å². The highest BCUT2D eigenvalue weighted by atomic mass is 16.7. The van der Waals surface area contributed by atoms with Crippen LogP contribution in [0.1, 0.15) is 19.3 Å². The van der Waals surface area contributed by atoms with Gasteiger partial charge in [-0.2, -0.15) is 0 Å². The summed E-state index contributed by atoms with van der Waals surface area (Å²) in [5.41, 5.74) is 0.556. The number of carbonyl (C=O) groups is 2. The van der Waals surface area contributed by atoms with Crippen LogP contribution in [0.2, 0.25) is 0 Å². The molecule has 0 saturated heterocycles. The van der Waals surface area contributed by atoms with Crippen LogP contribution in [0.3, 0.4) is 0 Å². The summed E-state index contributed by atoms with van der Waals surface area (Å²) in [6, 6.07) is 1.67. The van der Waals surface area contributed by atoms with E-state index >= 15 is 0 Å². The second-order valence-corrected chi connectivity index (χ2v) is 5.06. The van der Waals surface area contributed by atoms with E-state index < -0.39 is 5.97 Å². The molecule has 1 aliphatic heterocycles. The number of rotatable bonds is 4. The lowest BCUT2D eigenvalue weighted by Crippen LogP contribution is -2.35. The molecule has 1 aromatic heterocycles. The van der Waals surface area contributed by atoms with Crippen LogP contribution in [0.4, 0.5) is 5.69 Å². The number of aromatic nitrogens is 1. The minimum atomic E-state index is -0.811. The van der Waals surface area contributed by atoms with Gasteiger partial charge in [0, 0.05) is 18.4 Å². The van der Waals surface area contributed by atoms with Crippen LogP contribution >= 0.6 is 0 Å². The molecule has 7 heteroatoms. The van der Waals surface area contributed by atoms with E-state index in [1.807, 2.05) is 0 Å². The number of carboxylic acids is 1. The van der Waals surface area contributed by atoms with Crippen molar-refractivity contribution in [1.82, 2.24) is 4.98 Å². The van der Waals surface area contributed by atoms with Crippen molar-refractivity contribution in [2.24, 2.45) is 11.8 Å². The molecule has 1 amide bonds. The lowest BCUT2D eigenvalue weighted by Gasteiger charge is -2.33. The first-order chi connectivity index (χ1) is 9.61. The van der Waals surface area contributed by atoms with Crippen molar-refractivity contribution in [2.45, 2.75) is 19.3 Å². The van der Waals surface area contributed by atoms with E-state index in [-0.39, 0.29) is 31.0 Å². The molecule has 0 spiro atoms. The maximum absolute atomic E-state index is 12.0. The molecule has 1 aromatic rings. The van der Waals surface area contributed by atoms with Crippen molar-refractivity contribution in [1.29, 1.82) is 0 Å². The molecule has 0 atom stereocenters. The molecule has 0 aromatic carbocycles. The van der Waals surface area contributed by atoms with Crippen LogP contribution in [0.5, 0.6) is 11.6 Å². The molecule has 3 rings (SSSR count). The zero-order valence-corrected chi connectivity index (χ0v) is 10.7. The number of carboxylic acid groups (broad SMARTS) is 1. The summed E-state index contributed by atoms with van der Waals surface area (Å²) in [6.07, 6.45) is 2.89. The Morgan fingerprint density at radius 1 is 1.40 bits per heavy atom. The van der Waals surface area contributed by atoms with E-state index in [2.05, 4.69) is 10.3 Å². The van der Waals surface area contributed by atoms with Gasteiger partial charge in [-0.15, -0.1) is 0 Å². The third kappa shape index (κ3) is 2.52. The number of carbonyl (C=O) groups excluding carboxylic acids is 1. The minimum absolute atomic E-state index is 0.104.